The van der Waals surface area contributed by atoms with Crippen LogP contribution in [0.5, 0.6) is 11.5 Å². The van der Waals surface area contributed by atoms with E-state index in [1.807, 2.05) is 0 Å². The van der Waals surface area contributed by atoms with E-state index in [9.17, 15) is 22.3 Å². The molecule has 0 spiro atoms. The third kappa shape index (κ3) is 5.33. The first-order valence-electron chi connectivity index (χ1n) is 11.2. The summed E-state index contributed by atoms with van der Waals surface area (Å²) in [7, 11) is -2.78. The number of pyridine rings is 1. The lowest BCUT2D eigenvalue weighted by molar-refractivity contribution is 0.373. The van der Waals surface area contributed by atoms with Crippen molar-refractivity contribution >= 4 is 50.0 Å². The van der Waals surface area contributed by atoms with Crippen LogP contribution in [-0.2, 0) is 10.0 Å². The van der Waals surface area contributed by atoms with Gasteiger partial charge in [-0.2, -0.15) is 12.8 Å². The highest BCUT2D eigenvalue weighted by atomic mass is 35.5. The highest BCUT2D eigenvalue weighted by Gasteiger charge is 2.33. The topological polar surface area (TPSA) is 114 Å². The number of rotatable bonds is 8. The summed E-state index contributed by atoms with van der Waals surface area (Å²) in [6.07, 6.45) is 4.30. The van der Waals surface area contributed by atoms with Gasteiger partial charge in [0.15, 0.2) is 21.7 Å². The molecule has 2 N–H and O–H groups in total. The van der Waals surface area contributed by atoms with Gasteiger partial charge in [0.2, 0.25) is 5.13 Å². The second kappa shape index (κ2) is 10.3. The van der Waals surface area contributed by atoms with Gasteiger partial charge in [-0.25, -0.2) is 14.4 Å². The number of aromatic nitrogens is 2. The Labute approximate surface area is 225 Å². The number of hydrogen-bond acceptors (Lipinski definition) is 8. The molecule has 0 atom stereocenters. The van der Waals surface area contributed by atoms with Crippen LogP contribution in [-0.4, -0.2) is 36.8 Å². The number of para-hydroxylation sites is 1. The monoisotopic (exact) mass is 576 g/mol. The summed E-state index contributed by atoms with van der Waals surface area (Å²) in [6.45, 7) is 0. The van der Waals surface area contributed by atoms with Crippen molar-refractivity contribution < 1.29 is 27.0 Å². The molecule has 8 nitrogen and oxygen atoms in total. The van der Waals surface area contributed by atoms with E-state index in [4.69, 9.17) is 16.3 Å². The minimum Gasteiger partial charge on any atom is -0.504 e. The number of methoxy groups -OCH3 is 1. The van der Waals surface area contributed by atoms with Gasteiger partial charge in [-0.05, 0) is 60.7 Å². The van der Waals surface area contributed by atoms with Crippen LogP contribution in [0.4, 0.5) is 19.6 Å². The number of halogens is 3. The summed E-state index contributed by atoms with van der Waals surface area (Å²) >= 11 is 6.28. The van der Waals surface area contributed by atoms with E-state index in [1.54, 1.807) is 24.3 Å². The summed E-state index contributed by atoms with van der Waals surface area (Å²) < 4.78 is 61.9. The van der Waals surface area contributed by atoms with Crippen LogP contribution in [0, 0.1) is 10.9 Å². The maximum absolute atomic E-state index is 14.6. The fourth-order valence-electron chi connectivity index (χ4n) is 3.72. The number of nitrogens with one attached hydrogen (secondary N) is 1. The number of anilines is 1. The van der Waals surface area contributed by atoms with Crippen molar-refractivity contribution in [3.8, 4) is 22.8 Å². The molecule has 4 aromatic rings. The average Bonchev–Trinajstić information content (AvgIpc) is 3.67. The zero-order valence-corrected chi connectivity index (χ0v) is 22.0. The van der Waals surface area contributed by atoms with Crippen molar-refractivity contribution in [3.63, 3.8) is 0 Å². The number of thiazole rings is 1. The van der Waals surface area contributed by atoms with Crippen LogP contribution in [0.3, 0.4) is 0 Å². The van der Waals surface area contributed by atoms with E-state index < -0.39 is 21.0 Å². The van der Waals surface area contributed by atoms with Gasteiger partial charge in [-0.15, -0.1) is 0 Å². The molecule has 1 aliphatic carbocycles. The number of phenolic OH excluding ortho intramolecular Hbond substituents is 1. The van der Waals surface area contributed by atoms with Crippen molar-refractivity contribution in [1.29, 1.82) is 0 Å². The van der Waals surface area contributed by atoms with Crippen molar-refractivity contribution in [2.24, 2.45) is 4.99 Å². The molecule has 13 heteroatoms. The van der Waals surface area contributed by atoms with Gasteiger partial charge < -0.3 is 9.84 Å². The van der Waals surface area contributed by atoms with Crippen molar-refractivity contribution in [2.75, 3.05) is 11.8 Å². The Morgan fingerprint density at radius 1 is 1.24 bits per heavy atom. The van der Waals surface area contributed by atoms with Crippen LogP contribution in [0.2, 0.25) is 5.02 Å². The number of aliphatic imine (C=N–C) groups is 1. The Morgan fingerprint density at radius 2 is 2.03 bits per heavy atom. The number of sulfonamides is 1. The highest BCUT2D eigenvalue weighted by molar-refractivity contribution is 7.92. The predicted octanol–water partition coefficient (Wildman–Crippen LogP) is 6.28. The van der Waals surface area contributed by atoms with Gasteiger partial charge in [-0.1, -0.05) is 29.0 Å². The fourth-order valence-corrected chi connectivity index (χ4v) is 6.06. The minimum absolute atomic E-state index is 0.0144. The lowest BCUT2D eigenvalue weighted by Gasteiger charge is -2.10. The summed E-state index contributed by atoms with van der Waals surface area (Å²) in [6, 6.07) is 10.2. The highest BCUT2D eigenvalue weighted by Crippen LogP contribution is 2.44. The maximum Gasteiger partial charge on any atom is 0.281 e. The third-order valence-electron chi connectivity index (χ3n) is 5.74. The standard InChI is InChI=1S/C25H19ClF2N4O4S2/c1-36-20-4-2-3-15(22(20)33)11-29-16-10-17(13-5-6-13)24(30-12-16)38(34,35)32-25-31-21(23(28)37-25)14-7-8-19(27)18(26)9-14/h2-4,7-13,33H,5-6H2,1H3,(H,31,32). The molecule has 5 rings (SSSR count). The zero-order valence-electron chi connectivity index (χ0n) is 19.7. The molecule has 2 heterocycles. The molecule has 2 aromatic heterocycles. The second-order valence-electron chi connectivity index (χ2n) is 8.39. The summed E-state index contributed by atoms with van der Waals surface area (Å²) in [5, 5.41) is 8.87. The number of ether oxygens (including phenoxy) is 1. The normalized spacial score (nSPS) is 13.7. The molecular weight excluding hydrogens is 558 g/mol. The molecule has 1 fully saturated rings. The van der Waals surface area contributed by atoms with Crippen LogP contribution < -0.4 is 9.46 Å². The van der Waals surface area contributed by atoms with Gasteiger partial charge in [0.05, 0.1) is 24.0 Å². The Hall–Kier alpha value is -3.61. The van der Waals surface area contributed by atoms with Gasteiger partial charge in [-0.3, -0.25) is 9.71 Å². The van der Waals surface area contributed by atoms with E-state index in [-0.39, 0.29) is 38.1 Å². The SMILES string of the molecule is COc1cccc(C=Nc2cnc(S(=O)(=O)Nc3nc(-c4ccc(F)c(Cl)c4)c(F)s3)c(C3CC3)c2)c1O. The lowest BCUT2D eigenvalue weighted by atomic mass is 10.2. The van der Waals surface area contributed by atoms with Crippen molar-refractivity contribution in [2.45, 2.75) is 23.8 Å². The smallest absolute Gasteiger partial charge is 0.281 e. The van der Waals surface area contributed by atoms with Gasteiger partial charge >= 0.3 is 0 Å². The summed E-state index contributed by atoms with van der Waals surface area (Å²) in [5.41, 5.74) is 1.33. The Bertz CT molecular complexity index is 1670. The van der Waals surface area contributed by atoms with E-state index in [2.05, 4.69) is 19.7 Å². The van der Waals surface area contributed by atoms with Crippen LogP contribution in [0.15, 0.2) is 58.7 Å². The maximum atomic E-state index is 14.6. The summed E-state index contributed by atoms with van der Waals surface area (Å²) in [5.74, 6) is -0.462. The molecule has 0 radical (unpaired) electrons. The fraction of sp³-hybridized carbons (Fsp3) is 0.160. The molecular formula is C25H19ClF2N4O4S2. The second-order valence-corrected chi connectivity index (χ2v) is 11.3. The third-order valence-corrected chi connectivity index (χ3v) is 8.23. The van der Waals surface area contributed by atoms with Crippen molar-refractivity contribution in [1.82, 2.24) is 9.97 Å². The largest absolute Gasteiger partial charge is 0.504 e. The lowest BCUT2D eigenvalue weighted by Crippen LogP contribution is -2.16. The molecule has 0 amide bonds. The molecule has 38 heavy (non-hydrogen) atoms. The van der Waals surface area contributed by atoms with E-state index in [0.29, 0.717) is 33.9 Å². The van der Waals surface area contributed by atoms with Gasteiger partial charge in [0.25, 0.3) is 10.0 Å². The average molecular weight is 577 g/mol. The summed E-state index contributed by atoms with van der Waals surface area (Å²) in [4.78, 5) is 12.5. The van der Waals surface area contributed by atoms with E-state index in [0.717, 1.165) is 18.9 Å². The van der Waals surface area contributed by atoms with E-state index >= 15 is 0 Å². The molecule has 0 saturated heterocycles. The molecule has 196 valence electrons. The van der Waals surface area contributed by atoms with Gasteiger partial charge in [0.1, 0.15) is 11.5 Å². The first kappa shape index (κ1) is 26.0. The number of nitrogens with zero attached hydrogens (tertiary/aromatic N) is 3. The number of aromatic hydroxyl groups is 1. The zero-order chi connectivity index (χ0) is 27.0. The molecule has 0 bridgehead atoms. The Kier molecular flexibility index (Phi) is 7.03. The van der Waals surface area contributed by atoms with Crippen LogP contribution in [0.25, 0.3) is 11.3 Å². The Morgan fingerprint density at radius 3 is 2.74 bits per heavy atom. The number of hydrogen-bond donors (Lipinski definition) is 2. The molecule has 2 aromatic carbocycles. The first-order chi connectivity index (χ1) is 18.2. The van der Waals surface area contributed by atoms with Crippen molar-refractivity contribution in [3.05, 3.63) is 75.8 Å². The minimum atomic E-state index is -4.22. The van der Waals surface area contributed by atoms with Crippen LogP contribution >= 0.6 is 22.9 Å². The van der Waals surface area contributed by atoms with Gasteiger partial charge in [0, 0.05) is 17.3 Å². The first-order valence-corrected chi connectivity index (χ1v) is 13.9. The quantitative estimate of drug-likeness (QED) is 0.239. The van der Waals surface area contributed by atoms with Crippen LogP contribution in [0.1, 0.15) is 29.9 Å². The molecule has 1 aliphatic rings. The molecule has 0 aliphatic heterocycles. The number of benzene rings is 2. The predicted molar refractivity (Wildman–Crippen MR) is 141 cm³/mol. The molecule has 0 unspecified atom stereocenters. The van der Waals surface area contributed by atoms with E-state index in [1.165, 1.54) is 31.7 Å². The Balaban J connectivity index is 1.42. The molecule has 1 saturated carbocycles. The number of phenols is 1.